The molecule has 2 fully saturated rings. The molecule has 2 N–H and O–H groups in total. The molecule has 0 bridgehead atoms. The molecule has 13 nitrogen and oxygen atoms in total. The van der Waals surface area contributed by atoms with Gasteiger partial charge in [0.15, 0.2) is 22.0 Å². The van der Waals surface area contributed by atoms with Gasteiger partial charge in [-0.25, -0.2) is 0 Å². The second-order valence-electron chi connectivity index (χ2n) is 12.3. The first-order valence-corrected chi connectivity index (χ1v) is 15.8. The highest BCUT2D eigenvalue weighted by atomic mass is 32.1. The minimum atomic E-state index is -1.15. The number of ether oxygens (including phenoxy) is 3. The molecule has 244 valence electrons. The van der Waals surface area contributed by atoms with Crippen molar-refractivity contribution in [2.75, 3.05) is 13.7 Å². The lowest BCUT2D eigenvalue weighted by Crippen LogP contribution is -2.44. The van der Waals surface area contributed by atoms with Crippen molar-refractivity contribution in [2.45, 2.75) is 72.2 Å². The van der Waals surface area contributed by atoms with E-state index in [1.807, 2.05) is 19.1 Å². The molecule has 0 spiro atoms. The number of esters is 2. The number of nitrogens with zero attached hydrogens (tertiary/aromatic N) is 4. The fourth-order valence-corrected chi connectivity index (χ4v) is 6.99. The van der Waals surface area contributed by atoms with E-state index in [-0.39, 0.29) is 24.0 Å². The topological polar surface area (TPSA) is 182 Å². The van der Waals surface area contributed by atoms with Crippen molar-refractivity contribution in [3.05, 3.63) is 29.4 Å². The number of aromatic nitrogens is 3. The fourth-order valence-electron chi connectivity index (χ4n) is 6.20. The van der Waals surface area contributed by atoms with E-state index in [1.54, 1.807) is 40.0 Å². The average molecular weight is 644 g/mol. The molecule has 2 aliphatic heterocycles. The summed E-state index contributed by atoms with van der Waals surface area (Å²) in [6.45, 7) is 9.93. The molecule has 4 rings (SSSR count). The van der Waals surface area contributed by atoms with E-state index in [0.29, 0.717) is 28.6 Å². The quantitative estimate of drug-likeness (QED) is 0.159. The molecule has 9 atom stereocenters. The molecule has 0 aliphatic carbocycles. The minimum Gasteiger partial charge on any atom is -0.461 e. The predicted octanol–water partition coefficient (Wildman–Crippen LogP) is 3.53. The maximum Gasteiger partial charge on any atom is 0.317 e. The van der Waals surface area contributed by atoms with E-state index < -0.39 is 65.3 Å². The van der Waals surface area contributed by atoms with Gasteiger partial charge in [0, 0.05) is 37.0 Å². The largest absolute Gasteiger partial charge is 0.461 e. The van der Waals surface area contributed by atoms with Gasteiger partial charge in [-0.15, -0.1) is 10.2 Å². The summed E-state index contributed by atoms with van der Waals surface area (Å²) in [5.74, 6) is -6.84. The Morgan fingerprint density at radius 1 is 1.07 bits per heavy atom. The summed E-state index contributed by atoms with van der Waals surface area (Å²) in [5, 5.41) is 13.5. The van der Waals surface area contributed by atoms with Gasteiger partial charge in [-0.1, -0.05) is 43.3 Å². The molecular formula is C31H41N5O8S. The first-order chi connectivity index (χ1) is 21.3. The van der Waals surface area contributed by atoms with Crippen molar-refractivity contribution in [2.24, 2.45) is 46.4 Å². The number of rotatable bonds is 6. The molecular weight excluding hydrogens is 602 g/mol. The van der Waals surface area contributed by atoms with Crippen LogP contribution < -0.4 is 5.73 Å². The summed E-state index contributed by atoms with van der Waals surface area (Å²) < 4.78 is 16.9. The van der Waals surface area contributed by atoms with Crippen molar-refractivity contribution < 1.29 is 38.2 Å². The van der Waals surface area contributed by atoms with Gasteiger partial charge in [0.05, 0.1) is 5.60 Å². The van der Waals surface area contributed by atoms with Crippen LogP contribution in [0.1, 0.15) is 65.5 Å². The molecule has 0 saturated carbocycles. The molecule has 0 amide bonds. The number of fused-ring (bicyclic) bond motifs is 1. The van der Waals surface area contributed by atoms with Gasteiger partial charge in [-0.05, 0) is 45.7 Å². The number of nitrogens with two attached hydrogens (primary N) is 1. The maximum atomic E-state index is 13.8. The van der Waals surface area contributed by atoms with Crippen LogP contribution in [-0.4, -0.2) is 69.9 Å². The molecule has 4 heterocycles. The molecule has 2 aliphatic rings. The van der Waals surface area contributed by atoms with Crippen LogP contribution in [0, 0.1) is 35.5 Å². The van der Waals surface area contributed by atoms with Crippen LogP contribution >= 0.6 is 11.3 Å². The Morgan fingerprint density at radius 3 is 2.40 bits per heavy atom. The first-order valence-electron chi connectivity index (χ1n) is 15.0. The monoisotopic (exact) mass is 643 g/mol. The van der Waals surface area contributed by atoms with Crippen LogP contribution in [-0.2, 0) is 38.2 Å². The van der Waals surface area contributed by atoms with Gasteiger partial charge in [0.1, 0.15) is 41.8 Å². The number of oxime groups is 1. The molecule has 45 heavy (non-hydrogen) atoms. The Hall–Kier alpha value is -3.78. The number of ketones is 2. The summed E-state index contributed by atoms with van der Waals surface area (Å²) in [6.07, 6.45) is 0.639. The Kier molecular flexibility index (Phi) is 10.7. The number of amidine groups is 1. The van der Waals surface area contributed by atoms with E-state index in [9.17, 15) is 19.2 Å². The van der Waals surface area contributed by atoms with E-state index in [4.69, 9.17) is 24.8 Å². The van der Waals surface area contributed by atoms with Gasteiger partial charge in [0.25, 0.3) is 0 Å². The summed E-state index contributed by atoms with van der Waals surface area (Å²) in [4.78, 5) is 63.0. The van der Waals surface area contributed by atoms with E-state index >= 15 is 0 Å². The van der Waals surface area contributed by atoms with Crippen molar-refractivity contribution in [1.29, 1.82) is 0 Å². The normalized spacial score (nSPS) is 32.7. The summed E-state index contributed by atoms with van der Waals surface area (Å²) in [6, 6.07) is 5.46. The van der Waals surface area contributed by atoms with E-state index in [2.05, 4.69) is 20.3 Å². The highest BCUT2D eigenvalue weighted by Gasteiger charge is 2.52. The Balaban J connectivity index is 1.59. The molecule has 2 aromatic rings. The summed E-state index contributed by atoms with van der Waals surface area (Å²) in [5.41, 5.74) is 6.20. The number of methoxy groups -OCH3 is 1. The standard InChI is InChI=1S/C31H41N5O8S/c1-15-12-31(6,41-7)13-16(2)25(38)18(4)29(39)42-14-21-22(17(3)24(15)37)23(30(40)43-21)26(32)36-44-19(5)27-34-35-28(45-27)20-10-8-9-11-33-20/h8-11,15-19,21-23H,12-14H2,1-7H3,(H2,32,36)/t15-,16?,17-,18?,19?,21?,22?,23?,31-/m1/s1. The van der Waals surface area contributed by atoms with Gasteiger partial charge in [0.2, 0.25) is 0 Å². The molecule has 0 radical (unpaired) electrons. The van der Waals surface area contributed by atoms with E-state index in [1.165, 1.54) is 25.4 Å². The van der Waals surface area contributed by atoms with Crippen molar-refractivity contribution in [1.82, 2.24) is 15.2 Å². The van der Waals surface area contributed by atoms with Gasteiger partial charge < -0.3 is 24.8 Å². The highest BCUT2D eigenvalue weighted by molar-refractivity contribution is 7.14. The third-order valence-electron chi connectivity index (χ3n) is 8.78. The highest BCUT2D eigenvalue weighted by Crippen LogP contribution is 2.39. The lowest BCUT2D eigenvalue weighted by molar-refractivity contribution is -0.160. The van der Waals surface area contributed by atoms with Crippen LogP contribution in [0.4, 0.5) is 0 Å². The molecule has 2 aromatic heterocycles. The van der Waals surface area contributed by atoms with Crippen LogP contribution in [0.3, 0.4) is 0 Å². The molecule has 0 aromatic carbocycles. The maximum absolute atomic E-state index is 13.8. The van der Waals surface area contributed by atoms with Crippen LogP contribution in [0.2, 0.25) is 0 Å². The second-order valence-corrected chi connectivity index (χ2v) is 13.3. The van der Waals surface area contributed by atoms with Crippen LogP contribution in [0.15, 0.2) is 29.6 Å². The van der Waals surface area contributed by atoms with Crippen LogP contribution in [0.25, 0.3) is 10.7 Å². The summed E-state index contributed by atoms with van der Waals surface area (Å²) in [7, 11) is 1.54. The van der Waals surface area contributed by atoms with Gasteiger partial charge >= 0.3 is 11.9 Å². The van der Waals surface area contributed by atoms with Gasteiger partial charge in [-0.2, -0.15) is 0 Å². The minimum absolute atomic E-state index is 0.148. The number of pyridine rings is 1. The number of hydrogen-bond donors (Lipinski definition) is 1. The fraction of sp³-hybridized carbons (Fsp3) is 0.613. The number of cyclic esters (lactones) is 1. The zero-order valence-electron chi connectivity index (χ0n) is 26.6. The zero-order valence-corrected chi connectivity index (χ0v) is 27.4. The molecule has 2 saturated heterocycles. The predicted molar refractivity (Wildman–Crippen MR) is 163 cm³/mol. The van der Waals surface area contributed by atoms with Crippen molar-refractivity contribution in [3.63, 3.8) is 0 Å². The van der Waals surface area contributed by atoms with Crippen molar-refractivity contribution >= 4 is 40.7 Å². The van der Waals surface area contributed by atoms with Crippen LogP contribution in [0.5, 0.6) is 0 Å². The smallest absolute Gasteiger partial charge is 0.317 e. The third-order valence-corrected chi connectivity index (χ3v) is 9.89. The number of hydrogen-bond acceptors (Lipinski definition) is 13. The summed E-state index contributed by atoms with van der Waals surface area (Å²) >= 11 is 1.28. The second kappa shape index (κ2) is 14.1. The third kappa shape index (κ3) is 7.55. The average Bonchev–Trinajstić information content (AvgIpc) is 3.65. The number of carbonyl (C=O) groups is 4. The van der Waals surface area contributed by atoms with Gasteiger partial charge in [-0.3, -0.25) is 24.2 Å². The van der Waals surface area contributed by atoms with Crippen molar-refractivity contribution in [3.8, 4) is 10.7 Å². The lowest BCUT2D eigenvalue weighted by Gasteiger charge is -2.35. The van der Waals surface area contributed by atoms with E-state index in [0.717, 1.165) is 0 Å². The number of carbonyl (C=O) groups excluding carboxylic acids is 4. The number of Topliss-reactive ketones (excluding diaryl/α,β-unsaturated/α-hetero) is 2. The molecule has 6 unspecified atom stereocenters. The Labute approximate surface area is 266 Å². The zero-order chi connectivity index (χ0) is 33.1. The Bertz CT molecular complexity index is 1430. The SMILES string of the molecule is CO[C@@]1(C)CC(C)C(=O)C(C)C(=O)OCC2OC(=O)C(/C(N)=N/OC(C)c3nnc(-c4ccccn4)s3)C2[C@@H](C)C(=O)[C@H](C)C1. The first kappa shape index (κ1) is 34.1. The molecule has 14 heteroatoms. The lowest BCUT2D eigenvalue weighted by atomic mass is 9.73. The Morgan fingerprint density at radius 2 is 1.76 bits per heavy atom.